The lowest BCUT2D eigenvalue weighted by Gasteiger charge is -2.31. The molecule has 0 radical (unpaired) electrons. The summed E-state index contributed by atoms with van der Waals surface area (Å²) in [6.07, 6.45) is 5.75. The monoisotopic (exact) mass is 125 g/mol. The first-order valence-electron chi connectivity index (χ1n) is 3.60. The van der Waals surface area contributed by atoms with E-state index in [4.69, 9.17) is 0 Å². The van der Waals surface area contributed by atoms with Gasteiger partial charge in [0.05, 0.1) is 0 Å². The van der Waals surface area contributed by atoms with Crippen molar-refractivity contribution in [3.63, 3.8) is 0 Å². The number of likely N-dealkylation sites (N-methyl/N-ethyl adjacent to an activating group) is 1. The Morgan fingerprint density at radius 3 is 2.56 bits per heavy atom. The molecule has 1 rings (SSSR count). The highest BCUT2D eigenvalue weighted by molar-refractivity contribution is 4.99. The summed E-state index contributed by atoms with van der Waals surface area (Å²) in [5.74, 6) is 0. The van der Waals surface area contributed by atoms with Crippen LogP contribution in [-0.4, -0.2) is 24.0 Å². The topological polar surface area (TPSA) is 3.24 Å². The first-order valence-corrected chi connectivity index (χ1v) is 3.60. The zero-order chi connectivity index (χ0) is 6.85. The van der Waals surface area contributed by atoms with Gasteiger partial charge in [-0.2, -0.15) is 0 Å². The minimum absolute atomic E-state index is 0.633. The lowest BCUT2D eigenvalue weighted by Crippen LogP contribution is -2.37. The predicted octanol–water partition coefficient (Wildman–Crippen LogP) is 1.66. The zero-order valence-corrected chi connectivity index (χ0v) is 6.46. The maximum atomic E-state index is 2.39. The first-order chi connectivity index (χ1) is 4.22. The Morgan fingerprint density at radius 1 is 1.44 bits per heavy atom. The number of nitrogens with zero attached hydrogens (tertiary/aromatic N) is 1. The summed E-state index contributed by atoms with van der Waals surface area (Å²) in [7, 11) is 2.18. The van der Waals surface area contributed by atoms with Crippen LogP contribution < -0.4 is 0 Å². The predicted molar refractivity (Wildman–Crippen MR) is 40.4 cm³/mol. The van der Waals surface area contributed by atoms with E-state index in [-0.39, 0.29) is 0 Å². The molecule has 0 aromatic rings. The van der Waals surface area contributed by atoms with Gasteiger partial charge in [-0.05, 0) is 27.3 Å². The second-order valence-electron chi connectivity index (χ2n) is 2.92. The molecule has 0 aromatic carbocycles. The largest absolute Gasteiger partial charge is 0.297 e. The van der Waals surface area contributed by atoms with Gasteiger partial charge in [-0.1, -0.05) is 12.2 Å². The van der Waals surface area contributed by atoms with Crippen molar-refractivity contribution in [1.82, 2.24) is 4.90 Å². The normalized spacial score (nSPS) is 37.2. The van der Waals surface area contributed by atoms with Crippen LogP contribution in [0.2, 0.25) is 0 Å². The van der Waals surface area contributed by atoms with Gasteiger partial charge in [-0.3, -0.25) is 4.90 Å². The van der Waals surface area contributed by atoms with Crippen LogP contribution in [0.25, 0.3) is 0 Å². The molecule has 1 nitrogen and oxygen atoms in total. The van der Waals surface area contributed by atoms with Gasteiger partial charge >= 0.3 is 0 Å². The molecule has 52 valence electrons. The number of rotatable bonds is 0. The third-order valence-electron chi connectivity index (χ3n) is 2.23. The van der Waals surface area contributed by atoms with Crippen molar-refractivity contribution in [3.8, 4) is 0 Å². The van der Waals surface area contributed by atoms with Gasteiger partial charge in [0.15, 0.2) is 0 Å². The molecule has 0 spiro atoms. The van der Waals surface area contributed by atoms with Crippen molar-refractivity contribution in [2.24, 2.45) is 0 Å². The van der Waals surface area contributed by atoms with E-state index in [2.05, 4.69) is 37.9 Å². The van der Waals surface area contributed by atoms with Crippen LogP contribution in [0.4, 0.5) is 0 Å². The van der Waals surface area contributed by atoms with Crippen molar-refractivity contribution in [2.75, 3.05) is 7.05 Å². The van der Waals surface area contributed by atoms with Crippen LogP contribution in [0.1, 0.15) is 20.3 Å². The lowest BCUT2D eigenvalue weighted by molar-refractivity contribution is 0.216. The highest BCUT2D eigenvalue weighted by Gasteiger charge is 2.15. The zero-order valence-electron chi connectivity index (χ0n) is 6.46. The minimum atomic E-state index is 0.633. The Morgan fingerprint density at radius 2 is 2.11 bits per heavy atom. The average molecular weight is 125 g/mol. The second kappa shape index (κ2) is 2.53. The molecule has 2 atom stereocenters. The summed E-state index contributed by atoms with van der Waals surface area (Å²) in [5, 5.41) is 0. The minimum Gasteiger partial charge on any atom is -0.297 e. The molecule has 0 aliphatic carbocycles. The van der Waals surface area contributed by atoms with Crippen LogP contribution >= 0.6 is 0 Å². The fourth-order valence-corrected chi connectivity index (χ4v) is 1.18. The molecule has 0 saturated heterocycles. The van der Waals surface area contributed by atoms with Gasteiger partial charge in [-0.25, -0.2) is 0 Å². The van der Waals surface area contributed by atoms with Crippen LogP contribution in [0, 0.1) is 0 Å². The molecule has 0 saturated carbocycles. The maximum Gasteiger partial charge on any atom is 0.0249 e. The molecule has 0 aromatic heterocycles. The quantitative estimate of drug-likeness (QED) is 0.445. The van der Waals surface area contributed by atoms with Gasteiger partial charge in [-0.15, -0.1) is 0 Å². The summed E-state index contributed by atoms with van der Waals surface area (Å²) in [6.45, 7) is 4.49. The fraction of sp³-hybridized carbons (Fsp3) is 0.750. The number of hydrogen-bond acceptors (Lipinski definition) is 1. The lowest BCUT2D eigenvalue weighted by atomic mass is 10.1. The SMILES string of the molecule is CC1C=CCC(C)N1C. The molecule has 1 heteroatoms. The van der Waals surface area contributed by atoms with E-state index in [0.29, 0.717) is 6.04 Å². The van der Waals surface area contributed by atoms with Crippen molar-refractivity contribution >= 4 is 0 Å². The molecule has 2 unspecified atom stereocenters. The van der Waals surface area contributed by atoms with E-state index >= 15 is 0 Å². The molecule has 0 fully saturated rings. The van der Waals surface area contributed by atoms with Gasteiger partial charge in [0.1, 0.15) is 0 Å². The molecular formula is C8H15N. The molecule has 1 aliphatic heterocycles. The summed E-state index contributed by atoms with van der Waals surface area (Å²) in [6, 6.07) is 1.36. The molecule has 1 heterocycles. The van der Waals surface area contributed by atoms with Gasteiger partial charge in [0.25, 0.3) is 0 Å². The molecule has 9 heavy (non-hydrogen) atoms. The smallest absolute Gasteiger partial charge is 0.0249 e. The first kappa shape index (κ1) is 6.81. The Balaban J connectivity index is 2.58. The van der Waals surface area contributed by atoms with Crippen LogP contribution in [0.5, 0.6) is 0 Å². The molecule has 0 N–H and O–H groups in total. The van der Waals surface area contributed by atoms with E-state index in [1.165, 1.54) is 6.42 Å². The molecule has 0 amide bonds. The Kier molecular flexibility index (Phi) is 1.91. The van der Waals surface area contributed by atoms with Crippen LogP contribution in [0.3, 0.4) is 0 Å². The third-order valence-corrected chi connectivity index (χ3v) is 2.23. The van der Waals surface area contributed by atoms with E-state index in [0.717, 1.165) is 6.04 Å². The second-order valence-corrected chi connectivity index (χ2v) is 2.92. The van der Waals surface area contributed by atoms with Crippen LogP contribution in [-0.2, 0) is 0 Å². The van der Waals surface area contributed by atoms with E-state index < -0.39 is 0 Å². The summed E-state index contributed by atoms with van der Waals surface area (Å²) in [5.41, 5.74) is 0. The number of hydrogen-bond donors (Lipinski definition) is 0. The fourth-order valence-electron chi connectivity index (χ4n) is 1.18. The average Bonchev–Trinajstić information content (AvgIpc) is 1.83. The third kappa shape index (κ3) is 1.33. The van der Waals surface area contributed by atoms with Crippen molar-refractivity contribution in [1.29, 1.82) is 0 Å². The van der Waals surface area contributed by atoms with E-state index in [9.17, 15) is 0 Å². The van der Waals surface area contributed by atoms with E-state index in [1.54, 1.807) is 0 Å². The van der Waals surface area contributed by atoms with Crippen LogP contribution in [0.15, 0.2) is 12.2 Å². The van der Waals surface area contributed by atoms with Crippen molar-refractivity contribution in [3.05, 3.63) is 12.2 Å². The molecular weight excluding hydrogens is 110 g/mol. The highest BCUT2D eigenvalue weighted by atomic mass is 15.1. The van der Waals surface area contributed by atoms with Gasteiger partial charge in [0, 0.05) is 12.1 Å². The van der Waals surface area contributed by atoms with Gasteiger partial charge in [0.2, 0.25) is 0 Å². The molecule has 1 aliphatic rings. The Labute approximate surface area is 57.4 Å². The summed E-state index contributed by atoms with van der Waals surface area (Å²) in [4.78, 5) is 2.39. The van der Waals surface area contributed by atoms with Crippen molar-refractivity contribution < 1.29 is 0 Å². The Hall–Kier alpha value is -0.300. The maximum absolute atomic E-state index is 2.39. The standard InChI is InChI=1S/C8H15N/c1-7-5-4-6-8(2)9(7)3/h4-5,7-8H,6H2,1-3H3. The van der Waals surface area contributed by atoms with E-state index in [1.807, 2.05) is 0 Å². The Bertz CT molecular complexity index is 118. The summed E-state index contributed by atoms with van der Waals surface area (Å²) < 4.78 is 0. The van der Waals surface area contributed by atoms with Crippen molar-refractivity contribution in [2.45, 2.75) is 32.4 Å². The molecule has 0 bridgehead atoms. The summed E-state index contributed by atoms with van der Waals surface area (Å²) >= 11 is 0. The van der Waals surface area contributed by atoms with Gasteiger partial charge < -0.3 is 0 Å². The highest BCUT2D eigenvalue weighted by Crippen LogP contribution is 2.12.